The maximum Gasteiger partial charge on any atom is 0.308 e. The highest BCUT2D eigenvalue weighted by atomic mass is 32.2. The van der Waals surface area contributed by atoms with E-state index in [-0.39, 0.29) is 30.5 Å². The summed E-state index contributed by atoms with van der Waals surface area (Å²) >= 11 is 0. The zero-order chi connectivity index (χ0) is 26.5. The SMILES string of the molecule is CCOC(=O)CCN(C(=O)[C@H](CC(=O)OC(C)(C)C)NS(=O)(=O)c1ccc2ccccc2c1)C1CC1. The van der Waals surface area contributed by atoms with Gasteiger partial charge in [0.1, 0.15) is 11.6 Å². The first kappa shape index (κ1) is 27.6. The first-order valence-corrected chi connectivity index (χ1v) is 13.6. The number of nitrogens with zero attached hydrogens (tertiary/aromatic N) is 1. The van der Waals surface area contributed by atoms with Crippen LogP contribution < -0.4 is 4.72 Å². The minimum atomic E-state index is -4.16. The first-order valence-electron chi connectivity index (χ1n) is 12.1. The number of hydrogen-bond acceptors (Lipinski definition) is 7. The van der Waals surface area contributed by atoms with Gasteiger partial charge in [0, 0.05) is 12.6 Å². The standard InChI is InChI=1S/C26H34N2O7S/c1-5-34-23(29)14-15-28(20-11-12-20)25(31)22(17-24(30)35-26(2,3)4)27-36(32,33)21-13-10-18-8-6-7-9-19(18)16-21/h6-10,13,16,20,22,27H,5,11-12,14-15,17H2,1-4H3/t22-/m0/s1. The summed E-state index contributed by atoms with van der Waals surface area (Å²) in [6, 6.07) is 10.5. The molecule has 1 aliphatic carbocycles. The lowest BCUT2D eigenvalue weighted by atomic mass is 10.1. The summed E-state index contributed by atoms with van der Waals surface area (Å²) in [6.07, 6.45) is 0.981. The van der Waals surface area contributed by atoms with E-state index in [4.69, 9.17) is 9.47 Å². The summed E-state index contributed by atoms with van der Waals surface area (Å²) in [5.41, 5.74) is -0.804. The molecular weight excluding hydrogens is 484 g/mol. The Balaban J connectivity index is 1.86. The number of ether oxygens (including phenoxy) is 2. The van der Waals surface area contributed by atoms with Crippen molar-refractivity contribution in [3.05, 3.63) is 42.5 Å². The Morgan fingerprint density at radius 1 is 1.06 bits per heavy atom. The molecule has 0 aliphatic heterocycles. The zero-order valence-corrected chi connectivity index (χ0v) is 22.0. The lowest BCUT2D eigenvalue weighted by Gasteiger charge is -2.28. The summed E-state index contributed by atoms with van der Waals surface area (Å²) in [5.74, 6) is -1.73. The van der Waals surface area contributed by atoms with Crippen LogP contribution in [0.15, 0.2) is 47.4 Å². The van der Waals surface area contributed by atoms with Crippen molar-refractivity contribution in [2.45, 2.75) is 76.0 Å². The fourth-order valence-corrected chi connectivity index (χ4v) is 5.05. The number of hydrogen-bond donors (Lipinski definition) is 1. The number of rotatable bonds is 11. The van der Waals surface area contributed by atoms with Gasteiger partial charge in [-0.3, -0.25) is 14.4 Å². The molecule has 36 heavy (non-hydrogen) atoms. The normalized spacial score (nSPS) is 14.8. The monoisotopic (exact) mass is 518 g/mol. The Labute approximate surface area is 212 Å². The van der Waals surface area contributed by atoms with E-state index in [1.165, 1.54) is 17.0 Å². The van der Waals surface area contributed by atoms with Gasteiger partial charge in [0.25, 0.3) is 0 Å². The van der Waals surface area contributed by atoms with Crippen LogP contribution >= 0.6 is 0 Å². The van der Waals surface area contributed by atoms with Crippen molar-refractivity contribution in [1.29, 1.82) is 0 Å². The first-order chi connectivity index (χ1) is 16.9. The van der Waals surface area contributed by atoms with Gasteiger partial charge in [-0.1, -0.05) is 30.3 Å². The van der Waals surface area contributed by atoms with Gasteiger partial charge in [-0.05, 0) is 63.4 Å². The van der Waals surface area contributed by atoms with Crippen molar-refractivity contribution in [2.75, 3.05) is 13.2 Å². The summed E-state index contributed by atoms with van der Waals surface area (Å²) in [7, 11) is -4.16. The molecule has 1 saturated carbocycles. The van der Waals surface area contributed by atoms with E-state index in [9.17, 15) is 22.8 Å². The largest absolute Gasteiger partial charge is 0.466 e. The van der Waals surface area contributed by atoms with E-state index >= 15 is 0 Å². The molecule has 3 rings (SSSR count). The van der Waals surface area contributed by atoms with E-state index in [0.29, 0.717) is 0 Å². The molecule has 196 valence electrons. The Bertz CT molecular complexity index is 1220. The number of carbonyl (C=O) groups excluding carboxylic acids is 3. The molecule has 10 heteroatoms. The number of carbonyl (C=O) groups is 3. The van der Waals surface area contributed by atoms with Crippen LogP contribution in [0.3, 0.4) is 0 Å². The molecule has 2 aromatic carbocycles. The Kier molecular flexibility index (Phi) is 8.73. The van der Waals surface area contributed by atoms with Crippen LogP contribution in [0, 0.1) is 0 Å². The Morgan fingerprint density at radius 3 is 2.33 bits per heavy atom. The molecule has 1 N–H and O–H groups in total. The molecule has 1 amide bonds. The third-order valence-electron chi connectivity index (χ3n) is 5.55. The number of sulfonamides is 1. The Hall–Kier alpha value is -2.98. The van der Waals surface area contributed by atoms with Crippen LogP contribution in [0.4, 0.5) is 0 Å². The van der Waals surface area contributed by atoms with E-state index < -0.39 is 45.9 Å². The number of nitrogens with one attached hydrogen (secondary N) is 1. The molecule has 1 aliphatic rings. The van der Waals surface area contributed by atoms with E-state index in [2.05, 4.69) is 4.72 Å². The minimum Gasteiger partial charge on any atom is -0.466 e. The molecule has 0 saturated heterocycles. The van der Waals surface area contributed by atoms with Crippen molar-refractivity contribution in [2.24, 2.45) is 0 Å². The predicted octanol–water partition coefficient (Wildman–Crippen LogP) is 3.16. The molecule has 1 atom stereocenters. The fraction of sp³-hybridized carbons (Fsp3) is 0.500. The van der Waals surface area contributed by atoms with E-state index in [0.717, 1.165) is 23.6 Å². The van der Waals surface area contributed by atoms with Crippen LogP contribution in [0.2, 0.25) is 0 Å². The average Bonchev–Trinajstić information content (AvgIpc) is 3.62. The number of benzene rings is 2. The number of fused-ring (bicyclic) bond motifs is 1. The second-order valence-electron chi connectivity index (χ2n) is 9.79. The topological polar surface area (TPSA) is 119 Å². The third kappa shape index (κ3) is 7.76. The molecule has 0 spiro atoms. The summed E-state index contributed by atoms with van der Waals surface area (Å²) in [4.78, 5) is 39.5. The smallest absolute Gasteiger partial charge is 0.308 e. The van der Waals surface area contributed by atoms with Crippen LogP contribution in [-0.2, 0) is 33.9 Å². The molecule has 2 aromatic rings. The molecule has 0 bridgehead atoms. The third-order valence-corrected chi connectivity index (χ3v) is 7.02. The average molecular weight is 519 g/mol. The summed E-state index contributed by atoms with van der Waals surface area (Å²) in [5, 5.41) is 1.60. The fourth-order valence-electron chi connectivity index (χ4n) is 3.82. The van der Waals surface area contributed by atoms with Gasteiger partial charge in [0.05, 0.1) is 24.3 Å². The summed E-state index contributed by atoms with van der Waals surface area (Å²) < 4.78 is 39.4. The summed E-state index contributed by atoms with van der Waals surface area (Å²) in [6.45, 7) is 7.07. The number of esters is 2. The zero-order valence-electron chi connectivity index (χ0n) is 21.2. The maximum absolute atomic E-state index is 13.6. The highest BCUT2D eigenvalue weighted by Crippen LogP contribution is 2.28. The second kappa shape index (κ2) is 11.4. The van der Waals surface area contributed by atoms with Crippen molar-refractivity contribution < 1.29 is 32.3 Å². The highest BCUT2D eigenvalue weighted by molar-refractivity contribution is 7.89. The van der Waals surface area contributed by atoms with Crippen LogP contribution in [0.5, 0.6) is 0 Å². The van der Waals surface area contributed by atoms with Crippen molar-refractivity contribution in [3.8, 4) is 0 Å². The van der Waals surface area contributed by atoms with E-state index in [1.807, 2.05) is 12.1 Å². The maximum atomic E-state index is 13.6. The van der Waals surface area contributed by atoms with Crippen molar-refractivity contribution in [3.63, 3.8) is 0 Å². The van der Waals surface area contributed by atoms with Gasteiger partial charge in [0.2, 0.25) is 15.9 Å². The predicted molar refractivity (Wildman–Crippen MR) is 135 cm³/mol. The molecule has 0 radical (unpaired) electrons. The molecule has 9 nitrogen and oxygen atoms in total. The van der Waals surface area contributed by atoms with Gasteiger partial charge in [0.15, 0.2) is 0 Å². The van der Waals surface area contributed by atoms with Gasteiger partial charge in [-0.2, -0.15) is 4.72 Å². The lowest BCUT2D eigenvalue weighted by Crippen LogP contribution is -2.51. The molecule has 0 heterocycles. The van der Waals surface area contributed by atoms with Crippen molar-refractivity contribution in [1.82, 2.24) is 9.62 Å². The molecule has 0 unspecified atom stereocenters. The van der Waals surface area contributed by atoms with Gasteiger partial charge < -0.3 is 14.4 Å². The van der Waals surface area contributed by atoms with Crippen molar-refractivity contribution >= 4 is 38.6 Å². The lowest BCUT2D eigenvalue weighted by molar-refractivity contribution is -0.157. The molecular formula is C26H34N2O7S. The van der Waals surface area contributed by atoms with Gasteiger partial charge in [-0.25, -0.2) is 8.42 Å². The van der Waals surface area contributed by atoms with Crippen LogP contribution in [0.25, 0.3) is 10.8 Å². The van der Waals surface area contributed by atoms with Crippen LogP contribution in [-0.4, -0.2) is 62.0 Å². The minimum absolute atomic E-state index is 0.0207. The number of amides is 1. The van der Waals surface area contributed by atoms with E-state index in [1.54, 1.807) is 45.9 Å². The second-order valence-corrected chi connectivity index (χ2v) is 11.5. The Morgan fingerprint density at radius 2 is 1.72 bits per heavy atom. The highest BCUT2D eigenvalue weighted by Gasteiger charge is 2.39. The molecule has 0 aromatic heterocycles. The van der Waals surface area contributed by atoms with Gasteiger partial charge >= 0.3 is 11.9 Å². The molecule has 1 fully saturated rings. The quantitative estimate of drug-likeness (QED) is 0.454. The van der Waals surface area contributed by atoms with Crippen LogP contribution in [0.1, 0.15) is 53.4 Å². The van der Waals surface area contributed by atoms with Gasteiger partial charge in [-0.15, -0.1) is 0 Å².